The Balaban J connectivity index is 2.55. The van der Waals surface area contributed by atoms with Gasteiger partial charge in [-0.15, -0.1) is 0 Å². The van der Waals surface area contributed by atoms with Crippen molar-refractivity contribution in [2.75, 3.05) is 5.32 Å². The number of nitriles is 1. The van der Waals surface area contributed by atoms with Crippen molar-refractivity contribution in [3.8, 4) is 17.2 Å². The van der Waals surface area contributed by atoms with Gasteiger partial charge in [-0.2, -0.15) is 5.26 Å². The molecular weight excluding hydrogens is 226 g/mol. The third-order valence-corrected chi connectivity index (χ3v) is 2.49. The van der Waals surface area contributed by atoms with Crippen molar-refractivity contribution in [3.63, 3.8) is 0 Å². The maximum absolute atomic E-state index is 11.0. The number of carbonyl (C=O) groups excluding carboxylic acids is 1. The topological polar surface area (TPSA) is 78.9 Å². The Morgan fingerprint density at radius 3 is 2.50 bits per heavy atom. The van der Waals surface area contributed by atoms with E-state index in [0.29, 0.717) is 11.3 Å². The summed E-state index contributed by atoms with van der Waals surface area (Å²) in [5.74, 6) is 0. The number of primary amides is 1. The Morgan fingerprint density at radius 2 is 1.89 bits per heavy atom. The molecule has 0 aliphatic carbocycles. The second-order valence-electron chi connectivity index (χ2n) is 3.73. The second-order valence-corrected chi connectivity index (χ2v) is 3.73. The Morgan fingerprint density at radius 1 is 1.17 bits per heavy atom. The summed E-state index contributed by atoms with van der Waals surface area (Å²) in [5.41, 5.74) is 7.94. The summed E-state index contributed by atoms with van der Waals surface area (Å²) in [7, 11) is 0. The van der Waals surface area contributed by atoms with Crippen LogP contribution in [-0.4, -0.2) is 6.03 Å². The lowest BCUT2D eigenvalue weighted by atomic mass is 10.0. The van der Waals surface area contributed by atoms with Crippen molar-refractivity contribution in [2.45, 2.75) is 0 Å². The van der Waals surface area contributed by atoms with Crippen LogP contribution in [0, 0.1) is 11.3 Å². The monoisotopic (exact) mass is 237 g/mol. The van der Waals surface area contributed by atoms with E-state index in [1.54, 1.807) is 18.2 Å². The van der Waals surface area contributed by atoms with Gasteiger partial charge in [-0.25, -0.2) is 4.79 Å². The third kappa shape index (κ3) is 2.47. The number of amides is 2. The first-order valence-electron chi connectivity index (χ1n) is 5.37. The molecule has 4 nitrogen and oxygen atoms in total. The number of anilines is 1. The SMILES string of the molecule is N#Cc1ccc(NC(N)=O)c(-c2ccccc2)c1. The first kappa shape index (κ1) is 11.7. The second kappa shape index (κ2) is 5.02. The zero-order chi connectivity index (χ0) is 13.0. The van der Waals surface area contributed by atoms with E-state index in [9.17, 15) is 4.79 Å². The molecule has 0 aliphatic rings. The predicted octanol–water partition coefficient (Wildman–Crippen LogP) is 2.72. The maximum Gasteiger partial charge on any atom is 0.316 e. The van der Waals surface area contributed by atoms with Gasteiger partial charge in [0.05, 0.1) is 17.3 Å². The van der Waals surface area contributed by atoms with E-state index in [4.69, 9.17) is 11.0 Å². The minimum absolute atomic E-state index is 0.531. The molecule has 0 bridgehead atoms. The quantitative estimate of drug-likeness (QED) is 0.842. The van der Waals surface area contributed by atoms with Crippen molar-refractivity contribution >= 4 is 11.7 Å². The average molecular weight is 237 g/mol. The number of nitrogens with zero attached hydrogens (tertiary/aromatic N) is 1. The summed E-state index contributed by atoms with van der Waals surface area (Å²) < 4.78 is 0. The molecule has 0 saturated carbocycles. The molecule has 0 atom stereocenters. The lowest BCUT2D eigenvalue weighted by Crippen LogP contribution is -2.19. The minimum atomic E-state index is -0.628. The van der Waals surface area contributed by atoms with Crippen molar-refractivity contribution in [2.24, 2.45) is 5.73 Å². The van der Waals surface area contributed by atoms with Gasteiger partial charge >= 0.3 is 6.03 Å². The predicted molar refractivity (Wildman–Crippen MR) is 69.8 cm³/mol. The highest BCUT2D eigenvalue weighted by molar-refractivity contribution is 5.93. The zero-order valence-electron chi connectivity index (χ0n) is 9.55. The first-order chi connectivity index (χ1) is 8.70. The van der Waals surface area contributed by atoms with Crippen LogP contribution in [0.25, 0.3) is 11.1 Å². The fraction of sp³-hybridized carbons (Fsp3) is 0. The molecule has 0 radical (unpaired) electrons. The Kier molecular flexibility index (Phi) is 3.26. The smallest absolute Gasteiger partial charge is 0.316 e. The van der Waals surface area contributed by atoms with Gasteiger partial charge in [0.2, 0.25) is 0 Å². The molecule has 88 valence electrons. The molecule has 0 spiro atoms. The molecule has 0 heterocycles. The Labute approximate surface area is 105 Å². The van der Waals surface area contributed by atoms with Crippen LogP contribution in [0.15, 0.2) is 48.5 Å². The van der Waals surface area contributed by atoms with Gasteiger partial charge in [-0.1, -0.05) is 30.3 Å². The molecular formula is C14H11N3O. The molecule has 4 heteroatoms. The lowest BCUT2D eigenvalue weighted by Gasteiger charge is -2.10. The molecule has 0 fully saturated rings. The average Bonchev–Trinajstić information content (AvgIpc) is 2.39. The van der Waals surface area contributed by atoms with Gasteiger partial charge in [-0.05, 0) is 23.8 Å². The Hall–Kier alpha value is -2.80. The molecule has 0 aromatic heterocycles. The molecule has 0 unspecified atom stereocenters. The van der Waals surface area contributed by atoms with Crippen molar-refractivity contribution in [1.29, 1.82) is 5.26 Å². The minimum Gasteiger partial charge on any atom is -0.351 e. The van der Waals surface area contributed by atoms with E-state index in [0.717, 1.165) is 11.1 Å². The van der Waals surface area contributed by atoms with E-state index in [1.807, 2.05) is 30.3 Å². The molecule has 0 aliphatic heterocycles. The van der Waals surface area contributed by atoms with Crippen LogP contribution in [0.3, 0.4) is 0 Å². The number of nitrogens with one attached hydrogen (secondary N) is 1. The van der Waals surface area contributed by atoms with Gasteiger partial charge in [0, 0.05) is 5.56 Å². The van der Waals surface area contributed by atoms with E-state index >= 15 is 0 Å². The van der Waals surface area contributed by atoms with Crippen molar-refractivity contribution in [1.82, 2.24) is 0 Å². The van der Waals surface area contributed by atoms with Crippen LogP contribution >= 0.6 is 0 Å². The molecule has 2 aromatic carbocycles. The largest absolute Gasteiger partial charge is 0.351 e. The summed E-state index contributed by atoms with van der Waals surface area (Å²) in [6.45, 7) is 0. The molecule has 0 saturated heterocycles. The van der Waals surface area contributed by atoms with Crippen LogP contribution in [0.1, 0.15) is 5.56 Å². The fourth-order valence-corrected chi connectivity index (χ4v) is 1.71. The highest BCUT2D eigenvalue weighted by Crippen LogP contribution is 2.28. The third-order valence-electron chi connectivity index (χ3n) is 2.49. The van der Waals surface area contributed by atoms with Crippen LogP contribution in [-0.2, 0) is 0 Å². The highest BCUT2D eigenvalue weighted by Gasteiger charge is 2.07. The van der Waals surface area contributed by atoms with Crippen LogP contribution in [0.5, 0.6) is 0 Å². The number of benzene rings is 2. The van der Waals surface area contributed by atoms with Crippen molar-refractivity contribution in [3.05, 3.63) is 54.1 Å². The summed E-state index contributed by atoms with van der Waals surface area (Å²) in [4.78, 5) is 11.0. The first-order valence-corrected chi connectivity index (χ1v) is 5.37. The van der Waals surface area contributed by atoms with Crippen LogP contribution < -0.4 is 11.1 Å². The number of rotatable bonds is 2. The normalized spacial score (nSPS) is 9.50. The molecule has 3 N–H and O–H groups in total. The van der Waals surface area contributed by atoms with Crippen molar-refractivity contribution < 1.29 is 4.79 Å². The maximum atomic E-state index is 11.0. The van der Waals surface area contributed by atoms with Crippen LogP contribution in [0.4, 0.5) is 10.5 Å². The van der Waals surface area contributed by atoms with Gasteiger partial charge in [0.15, 0.2) is 0 Å². The highest BCUT2D eigenvalue weighted by atomic mass is 16.2. The number of hydrogen-bond acceptors (Lipinski definition) is 2. The fourth-order valence-electron chi connectivity index (χ4n) is 1.71. The van der Waals surface area contributed by atoms with Gasteiger partial charge in [-0.3, -0.25) is 0 Å². The van der Waals surface area contributed by atoms with Gasteiger partial charge < -0.3 is 11.1 Å². The van der Waals surface area contributed by atoms with E-state index in [2.05, 4.69) is 11.4 Å². The van der Waals surface area contributed by atoms with E-state index in [1.165, 1.54) is 0 Å². The van der Waals surface area contributed by atoms with E-state index in [-0.39, 0.29) is 0 Å². The number of carbonyl (C=O) groups is 1. The van der Waals surface area contributed by atoms with Crippen LogP contribution in [0.2, 0.25) is 0 Å². The molecule has 2 amide bonds. The number of nitrogens with two attached hydrogens (primary N) is 1. The number of hydrogen-bond donors (Lipinski definition) is 2. The lowest BCUT2D eigenvalue weighted by molar-refractivity contribution is 0.259. The van der Waals surface area contributed by atoms with Gasteiger partial charge in [0.1, 0.15) is 0 Å². The summed E-state index contributed by atoms with van der Waals surface area (Å²) in [6.07, 6.45) is 0. The summed E-state index contributed by atoms with van der Waals surface area (Å²) in [6, 6.07) is 16.0. The summed E-state index contributed by atoms with van der Waals surface area (Å²) in [5, 5.41) is 11.5. The summed E-state index contributed by atoms with van der Waals surface area (Å²) >= 11 is 0. The Bertz CT molecular complexity index is 615. The van der Waals surface area contributed by atoms with E-state index < -0.39 is 6.03 Å². The standard InChI is InChI=1S/C14H11N3O/c15-9-10-6-7-13(17-14(16)18)12(8-10)11-4-2-1-3-5-11/h1-8H,(H3,16,17,18). The molecule has 18 heavy (non-hydrogen) atoms. The zero-order valence-corrected chi connectivity index (χ0v) is 9.55. The number of urea groups is 1. The molecule has 2 rings (SSSR count). The molecule has 2 aromatic rings. The van der Waals surface area contributed by atoms with Gasteiger partial charge in [0.25, 0.3) is 0 Å².